The molecule has 0 saturated carbocycles. The Morgan fingerprint density at radius 1 is 0.302 bits per heavy atom. The highest BCUT2D eigenvalue weighted by molar-refractivity contribution is 7.25. The van der Waals surface area contributed by atoms with Crippen LogP contribution in [0.1, 0.15) is 0 Å². The van der Waals surface area contributed by atoms with Crippen molar-refractivity contribution in [3.05, 3.63) is 146 Å². The minimum absolute atomic E-state index is 1.26. The molecule has 10 rings (SSSR count). The van der Waals surface area contributed by atoms with Crippen molar-refractivity contribution in [1.29, 1.82) is 0 Å². The highest BCUT2D eigenvalue weighted by Crippen LogP contribution is 2.49. The molecule has 0 atom stereocenters. The summed E-state index contributed by atoms with van der Waals surface area (Å²) in [4.78, 5) is 0. The van der Waals surface area contributed by atoms with Crippen LogP contribution in [0.2, 0.25) is 0 Å². The van der Waals surface area contributed by atoms with Gasteiger partial charge in [0.25, 0.3) is 0 Å². The molecule has 0 N–H and O–H groups in total. The van der Waals surface area contributed by atoms with Crippen LogP contribution in [-0.4, -0.2) is 0 Å². The topological polar surface area (TPSA) is 0 Å². The summed E-state index contributed by atoms with van der Waals surface area (Å²) in [5.74, 6) is 0. The quantitative estimate of drug-likeness (QED) is 0.184. The largest absolute Gasteiger partial charge is 0.135 e. The number of thiophene rings is 1. The molecular formula is C42H24S. The Hall–Kier alpha value is -5.24. The first-order chi connectivity index (χ1) is 21.3. The summed E-state index contributed by atoms with van der Waals surface area (Å²) in [6, 6.07) is 54.2. The molecule has 198 valence electrons. The number of benzene rings is 8. The van der Waals surface area contributed by atoms with Gasteiger partial charge in [-0.3, -0.25) is 0 Å². The van der Waals surface area contributed by atoms with Gasteiger partial charge in [0.2, 0.25) is 0 Å². The van der Waals surface area contributed by atoms with Gasteiger partial charge in [-0.05, 0) is 95.0 Å². The molecule has 9 aromatic rings. The second kappa shape index (κ2) is 8.64. The van der Waals surface area contributed by atoms with Gasteiger partial charge in [0.1, 0.15) is 0 Å². The van der Waals surface area contributed by atoms with Crippen molar-refractivity contribution in [1.82, 2.24) is 0 Å². The van der Waals surface area contributed by atoms with Crippen LogP contribution in [0.5, 0.6) is 0 Å². The van der Waals surface area contributed by atoms with Crippen molar-refractivity contribution in [2.24, 2.45) is 0 Å². The first-order valence-electron chi connectivity index (χ1n) is 14.8. The zero-order valence-corrected chi connectivity index (χ0v) is 24.1. The van der Waals surface area contributed by atoms with Crippen LogP contribution >= 0.6 is 11.3 Å². The Labute approximate surface area is 253 Å². The molecule has 8 aromatic carbocycles. The third kappa shape index (κ3) is 3.31. The van der Waals surface area contributed by atoms with E-state index in [2.05, 4.69) is 146 Å². The van der Waals surface area contributed by atoms with E-state index in [-0.39, 0.29) is 0 Å². The Kier molecular flexibility index (Phi) is 4.69. The molecule has 1 heteroatoms. The smallest absolute Gasteiger partial charge is 0.0361 e. The average Bonchev–Trinajstić information content (AvgIpc) is 3.60. The maximum Gasteiger partial charge on any atom is 0.0361 e. The summed E-state index contributed by atoms with van der Waals surface area (Å²) < 4.78 is 2.67. The molecule has 0 bridgehead atoms. The Morgan fingerprint density at radius 2 is 0.860 bits per heavy atom. The van der Waals surface area contributed by atoms with E-state index >= 15 is 0 Å². The minimum Gasteiger partial charge on any atom is -0.135 e. The van der Waals surface area contributed by atoms with E-state index < -0.39 is 0 Å². The van der Waals surface area contributed by atoms with Gasteiger partial charge in [-0.15, -0.1) is 11.3 Å². The zero-order chi connectivity index (χ0) is 28.1. The van der Waals surface area contributed by atoms with Crippen LogP contribution in [0.15, 0.2) is 146 Å². The molecule has 1 aromatic heterocycles. The molecular weight excluding hydrogens is 537 g/mol. The van der Waals surface area contributed by atoms with Crippen molar-refractivity contribution in [2.45, 2.75) is 0 Å². The van der Waals surface area contributed by atoms with Crippen LogP contribution in [0.3, 0.4) is 0 Å². The fourth-order valence-corrected chi connectivity index (χ4v) is 8.56. The van der Waals surface area contributed by atoms with Crippen molar-refractivity contribution >= 4 is 63.8 Å². The molecule has 43 heavy (non-hydrogen) atoms. The fraction of sp³-hybridized carbons (Fsp3) is 0. The lowest BCUT2D eigenvalue weighted by Gasteiger charge is -2.10. The van der Waals surface area contributed by atoms with Gasteiger partial charge in [0.15, 0.2) is 0 Å². The Balaban J connectivity index is 1.09. The second-order valence-electron chi connectivity index (χ2n) is 11.7. The lowest BCUT2D eigenvalue weighted by atomic mass is 9.94. The van der Waals surface area contributed by atoms with Gasteiger partial charge in [-0.2, -0.15) is 0 Å². The van der Waals surface area contributed by atoms with E-state index in [1.54, 1.807) is 0 Å². The first-order valence-corrected chi connectivity index (χ1v) is 15.7. The zero-order valence-electron chi connectivity index (χ0n) is 23.3. The van der Waals surface area contributed by atoms with Crippen LogP contribution in [0, 0.1) is 0 Å². The molecule has 0 unspecified atom stereocenters. The van der Waals surface area contributed by atoms with Gasteiger partial charge < -0.3 is 0 Å². The molecule has 0 aliphatic heterocycles. The summed E-state index contributed by atoms with van der Waals surface area (Å²) in [7, 11) is 0. The number of fused-ring (bicyclic) bond motifs is 9. The first kappa shape index (κ1) is 23.3. The molecule has 1 heterocycles. The highest BCUT2D eigenvalue weighted by Gasteiger charge is 2.22. The molecule has 0 amide bonds. The molecule has 0 saturated heterocycles. The van der Waals surface area contributed by atoms with Crippen molar-refractivity contribution < 1.29 is 0 Å². The van der Waals surface area contributed by atoms with Crippen molar-refractivity contribution in [3.8, 4) is 44.5 Å². The third-order valence-corrected chi connectivity index (χ3v) is 10.5. The van der Waals surface area contributed by atoms with Crippen LogP contribution < -0.4 is 0 Å². The Morgan fingerprint density at radius 3 is 1.70 bits per heavy atom. The van der Waals surface area contributed by atoms with Gasteiger partial charge in [-0.25, -0.2) is 0 Å². The minimum atomic E-state index is 1.26. The summed E-state index contributed by atoms with van der Waals surface area (Å²) >= 11 is 1.90. The normalized spacial score (nSPS) is 12.2. The average molecular weight is 561 g/mol. The monoisotopic (exact) mass is 560 g/mol. The summed E-state index contributed by atoms with van der Waals surface area (Å²) in [6.45, 7) is 0. The van der Waals surface area contributed by atoms with E-state index in [1.165, 1.54) is 97.0 Å². The van der Waals surface area contributed by atoms with Crippen LogP contribution in [0.4, 0.5) is 0 Å². The van der Waals surface area contributed by atoms with Crippen LogP contribution in [-0.2, 0) is 0 Å². The number of hydrogen-bond donors (Lipinski definition) is 0. The molecule has 0 spiro atoms. The van der Waals surface area contributed by atoms with Crippen molar-refractivity contribution in [2.75, 3.05) is 0 Å². The van der Waals surface area contributed by atoms with Gasteiger partial charge in [-0.1, -0.05) is 127 Å². The van der Waals surface area contributed by atoms with E-state index in [0.717, 1.165) is 0 Å². The third-order valence-electron chi connectivity index (χ3n) is 9.41. The predicted molar refractivity (Wildman–Crippen MR) is 187 cm³/mol. The molecule has 1 aliphatic rings. The van der Waals surface area contributed by atoms with Crippen LogP contribution in [0.25, 0.3) is 97.0 Å². The standard InChI is InChI=1S/C42H24S/c1-2-7-30-25(6-1)12-13-28-22-26(14-17-31(28)30)27-15-18-35-36-19-16-29(24-41(36)43-40(35)23-27)32-20-21-39-34-9-4-3-8-33(34)38-11-5-10-37(32)42(38)39/h1-24H. The summed E-state index contributed by atoms with van der Waals surface area (Å²) in [5, 5.41) is 10.6. The van der Waals surface area contributed by atoms with Crippen molar-refractivity contribution in [3.63, 3.8) is 0 Å². The Bertz CT molecular complexity index is 2590. The number of hydrogen-bond acceptors (Lipinski definition) is 1. The molecule has 0 nitrogen and oxygen atoms in total. The summed E-state index contributed by atoms with van der Waals surface area (Å²) in [5.41, 5.74) is 10.5. The fourth-order valence-electron chi connectivity index (χ4n) is 7.38. The number of rotatable bonds is 2. The lowest BCUT2D eigenvalue weighted by Crippen LogP contribution is -1.83. The summed E-state index contributed by atoms with van der Waals surface area (Å²) in [6.07, 6.45) is 0. The van der Waals surface area contributed by atoms with Gasteiger partial charge in [0, 0.05) is 20.2 Å². The van der Waals surface area contributed by atoms with Gasteiger partial charge >= 0.3 is 0 Å². The van der Waals surface area contributed by atoms with E-state index in [0.29, 0.717) is 0 Å². The van der Waals surface area contributed by atoms with E-state index in [4.69, 9.17) is 0 Å². The second-order valence-corrected chi connectivity index (χ2v) is 12.8. The maximum atomic E-state index is 2.40. The predicted octanol–water partition coefficient (Wildman–Crippen LogP) is 12.5. The highest BCUT2D eigenvalue weighted by atomic mass is 32.1. The maximum absolute atomic E-state index is 2.40. The lowest BCUT2D eigenvalue weighted by molar-refractivity contribution is 1.69. The van der Waals surface area contributed by atoms with Gasteiger partial charge in [0.05, 0.1) is 0 Å². The SMILES string of the molecule is c1ccc2c(c1)-c1cccc3c(-c4ccc5c(c4)sc4cc(-c6ccc7c(ccc8ccccc87)c6)ccc45)ccc-2c13. The van der Waals surface area contributed by atoms with E-state index in [1.807, 2.05) is 11.3 Å². The molecule has 0 fully saturated rings. The molecule has 1 aliphatic carbocycles. The molecule has 0 radical (unpaired) electrons. The van der Waals surface area contributed by atoms with E-state index in [9.17, 15) is 0 Å².